The van der Waals surface area contributed by atoms with Gasteiger partial charge in [-0.05, 0) is 23.6 Å². The van der Waals surface area contributed by atoms with Crippen LogP contribution in [0.4, 0.5) is 0 Å². The van der Waals surface area contributed by atoms with Crippen LogP contribution in [-0.2, 0) is 4.74 Å². The second-order valence-corrected chi connectivity index (χ2v) is 5.17. The summed E-state index contributed by atoms with van der Waals surface area (Å²) in [5, 5.41) is 1.12. The second-order valence-electron chi connectivity index (χ2n) is 5.17. The minimum Gasteiger partial charge on any atom is -0.449 e. The molecule has 21 heavy (non-hydrogen) atoms. The molecule has 0 amide bonds. The monoisotopic (exact) mass is 275 g/mol. The second kappa shape index (κ2) is 4.35. The summed E-state index contributed by atoms with van der Waals surface area (Å²) in [6.07, 6.45) is -0.415. The molecule has 1 aliphatic rings. The van der Waals surface area contributed by atoms with Gasteiger partial charge < -0.3 is 9.72 Å². The normalized spacial score (nSPS) is 16.8. The van der Waals surface area contributed by atoms with Crippen LogP contribution < -0.4 is 0 Å². The van der Waals surface area contributed by atoms with E-state index in [2.05, 4.69) is 11.6 Å². The van der Waals surface area contributed by atoms with Crippen LogP contribution in [0.2, 0.25) is 0 Å². The van der Waals surface area contributed by atoms with Crippen LogP contribution in [0.3, 0.4) is 0 Å². The van der Waals surface area contributed by atoms with Gasteiger partial charge in [0, 0.05) is 22.3 Å². The minimum atomic E-state index is -0.415. The van der Waals surface area contributed by atoms with E-state index in [0.717, 1.165) is 27.7 Å². The van der Waals surface area contributed by atoms with Gasteiger partial charge in [0.15, 0.2) is 6.10 Å². The number of carbonyl (C=O) groups excluding carboxylic acids is 1. The number of aromatic amines is 1. The largest absolute Gasteiger partial charge is 0.449 e. The number of hydrogen-bond acceptors (Lipinski definition) is 2. The van der Waals surface area contributed by atoms with Gasteiger partial charge in [-0.15, -0.1) is 0 Å². The molecule has 0 saturated carbocycles. The predicted molar refractivity (Wildman–Crippen MR) is 81.9 cm³/mol. The number of ether oxygens (including phenoxy) is 1. The van der Waals surface area contributed by atoms with Crippen molar-refractivity contribution in [1.29, 1.82) is 0 Å². The smallest absolute Gasteiger partial charge is 0.339 e. The van der Waals surface area contributed by atoms with Crippen molar-refractivity contribution >= 4 is 22.4 Å². The Hall–Kier alpha value is -2.81. The lowest BCUT2D eigenvalue weighted by Crippen LogP contribution is -2.01. The van der Waals surface area contributed by atoms with Crippen LogP contribution in [0, 0.1) is 0 Å². The van der Waals surface area contributed by atoms with Gasteiger partial charge in [-0.25, -0.2) is 4.79 Å². The number of aromatic nitrogens is 1. The fourth-order valence-corrected chi connectivity index (χ4v) is 2.79. The Bertz CT molecular complexity index is 843. The van der Waals surface area contributed by atoms with Gasteiger partial charge >= 0.3 is 5.97 Å². The SMILES string of the molecule is C=C(c1cc2ccccc2[nH]1)C1OC(=O)c2ccccc21. The van der Waals surface area contributed by atoms with E-state index in [1.54, 1.807) is 6.07 Å². The topological polar surface area (TPSA) is 42.1 Å². The highest BCUT2D eigenvalue weighted by atomic mass is 16.5. The number of rotatable bonds is 2. The van der Waals surface area contributed by atoms with Crippen LogP contribution in [0.25, 0.3) is 16.5 Å². The number of para-hydroxylation sites is 1. The van der Waals surface area contributed by atoms with Crippen molar-refractivity contribution < 1.29 is 9.53 Å². The third-order valence-electron chi connectivity index (χ3n) is 3.88. The summed E-state index contributed by atoms with van der Waals surface area (Å²) in [7, 11) is 0. The molecule has 1 aromatic heterocycles. The summed E-state index contributed by atoms with van der Waals surface area (Å²) in [5.41, 5.74) is 4.22. The Balaban J connectivity index is 1.77. The highest BCUT2D eigenvalue weighted by Gasteiger charge is 2.33. The van der Waals surface area contributed by atoms with E-state index in [4.69, 9.17) is 4.74 Å². The number of H-pyrrole nitrogens is 1. The number of fused-ring (bicyclic) bond motifs is 2. The molecule has 2 heterocycles. The maximum atomic E-state index is 11.9. The molecule has 0 spiro atoms. The van der Waals surface area contributed by atoms with Crippen LogP contribution in [0.1, 0.15) is 27.7 Å². The first-order valence-corrected chi connectivity index (χ1v) is 6.81. The Labute approximate surface area is 121 Å². The molecule has 1 atom stereocenters. The molecule has 0 radical (unpaired) electrons. The standard InChI is InChI=1S/C18H13NO2/c1-11(16-10-12-6-2-5-9-15(12)19-16)17-13-7-3-4-8-14(13)18(20)21-17/h2-10,17,19H,1H2. The summed E-state index contributed by atoms with van der Waals surface area (Å²) in [5.74, 6) is -0.284. The van der Waals surface area contributed by atoms with Crippen LogP contribution in [0.15, 0.2) is 61.2 Å². The lowest BCUT2D eigenvalue weighted by molar-refractivity contribution is 0.0481. The van der Waals surface area contributed by atoms with Crippen molar-refractivity contribution in [2.45, 2.75) is 6.10 Å². The van der Waals surface area contributed by atoms with Crippen LogP contribution in [0.5, 0.6) is 0 Å². The van der Waals surface area contributed by atoms with E-state index in [0.29, 0.717) is 5.56 Å². The van der Waals surface area contributed by atoms with Gasteiger partial charge in [-0.3, -0.25) is 0 Å². The molecule has 0 fully saturated rings. The molecule has 3 nitrogen and oxygen atoms in total. The van der Waals surface area contributed by atoms with Crippen molar-refractivity contribution in [1.82, 2.24) is 4.98 Å². The maximum absolute atomic E-state index is 11.9. The average Bonchev–Trinajstić information content (AvgIpc) is 3.09. The van der Waals surface area contributed by atoms with E-state index in [1.165, 1.54) is 0 Å². The number of cyclic esters (lactones) is 1. The minimum absolute atomic E-state index is 0.284. The van der Waals surface area contributed by atoms with Gasteiger partial charge in [0.25, 0.3) is 0 Å². The summed E-state index contributed by atoms with van der Waals surface area (Å²) in [4.78, 5) is 15.2. The molecule has 0 bridgehead atoms. The van der Waals surface area contributed by atoms with Crippen LogP contribution in [-0.4, -0.2) is 11.0 Å². The van der Waals surface area contributed by atoms with E-state index in [-0.39, 0.29) is 5.97 Å². The highest BCUT2D eigenvalue weighted by Crippen LogP contribution is 2.39. The zero-order valence-electron chi connectivity index (χ0n) is 11.3. The molecule has 3 aromatic rings. The van der Waals surface area contributed by atoms with Crippen molar-refractivity contribution in [2.75, 3.05) is 0 Å². The van der Waals surface area contributed by atoms with Gasteiger partial charge in [0.05, 0.1) is 5.56 Å². The first-order valence-electron chi connectivity index (χ1n) is 6.81. The quantitative estimate of drug-likeness (QED) is 0.716. The van der Waals surface area contributed by atoms with Gasteiger partial charge in [0.2, 0.25) is 0 Å². The lowest BCUT2D eigenvalue weighted by Gasteiger charge is -2.12. The number of esters is 1. The fraction of sp³-hybridized carbons (Fsp3) is 0.0556. The van der Waals surface area contributed by atoms with Crippen molar-refractivity contribution in [3.8, 4) is 0 Å². The van der Waals surface area contributed by atoms with Crippen LogP contribution >= 0.6 is 0 Å². The van der Waals surface area contributed by atoms with E-state index in [9.17, 15) is 4.79 Å². The lowest BCUT2D eigenvalue weighted by atomic mass is 9.98. The molecule has 1 N–H and O–H groups in total. The first-order chi connectivity index (χ1) is 10.2. The molecule has 0 aliphatic carbocycles. The first kappa shape index (κ1) is 12.0. The van der Waals surface area contributed by atoms with Gasteiger partial charge in [-0.1, -0.05) is 43.0 Å². The maximum Gasteiger partial charge on any atom is 0.339 e. The van der Waals surface area contributed by atoms with E-state index < -0.39 is 6.10 Å². The third kappa shape index (κ3) is 1.78. The average molecular weight is 275 g/mol. The summed E-state index contributed by atoms with van der Waals surface area (Å²) < 4.78 is 5.49. The third-order valence-corrected chi connectivity index (χ3v) is 3.88. The summed E-state index contributed by atoms with van der Waals surface area (Å²) >= 11 is 0. The summed E-state index contributed by atoms with van der Waals surface area (Å²) in [6.45, 7) is 4.13. The molecule has 4 rings (SSSR count). The van der Waals surface area contributed by atoms with E-state index >= 15 is 0 Å². The fourth-order valence-electron chi connectivity index (χ4n) is 2.79. The Morgan fingerprint density at radius 2 is 1.86 bits per heavy atom. The molecular formula is C18H13NO2. The van der Waals surface area contributed by atoms with Gasteiger partial charge in [-0.2, -0.15) is 0 Å². The Morgan fingerprint density at radius 1 is 1.10 bits per heavy atom. The van der Waals surface area contributed by atoms with Crippen molar-refractivity contribution in [3.63, 3.8) is 0 Å². The molecule has 1 unspecified atom stereocenters. The van der Waals surface area contributed by atoms with Gasteiger partial charge in [0.1, 0.15) is 0 Å². The Kier molecular flexibility index (Phi) is 2.48. The molecule has 2 aromatic carbocycles. The Morgan fingerprint density at radius 3 is 2.71 bits per heavy atom. The van der Waals surface area contributed by atoms with Crippen molar-refractivity contribution in [2.24, 2.45) is 0 Å². The molecule has 3 heteroatoms. The molecule has 1 aliphatic heterocycles. The predicted octanol–water partition coefficient (Wildman–Crippen LogP) is 4.09. The number of hydrogen-bond donors (Lipinski definition) is 1. The highest BCUT2D eigenvalue weighted by molar-refractivity contribution is 5.97. The molecule has 0 saturated heterocycles. The zero-order valence-corrected chi connectivity index (χ0v) is 11.3. The number of nitrogens with one attached hydrogen (secondary N) is 1. The number of benzene rings is 2. The zero-order chi connectivity index (χ0) is 14.4. The number of carbonyl (C=O) groups is 1. The van der Waals surface area contributed by atoms with E-state index in [1.807, 2.05) is 48.5 Å². The van der Waals surface area contributed by atoms with Crippen molar-refractivity contribution in [3.05, 3.63) is 78.0 Å². The molecule has 102 valence electrons. The summed E-state index contributed by atoms with van der Waals surface area (Å²) in [6, 6.07) is 17.5. The molecular weight excluding hydrogens is 262 g/mol.